The van der Waals surface area contributed by atoms with E-state index < -0.39 is 0 Å². The van der Waals surface area contributed by atoms with E-state index >= 15 is 0 Å². The summed E-state index contributed by atoms with van der Waals surface area (Å²) in [6, 6.07) is 10.1. The van der Waals surface area contributed by atoms with Crippen molar-refractivity contribution in [3.8, 4) is 17.7 Å². The van der Waals surface area contributed by atoms with Gasteiger partial charge in [0.1, 0.15) is 17.5 Å². The third-order valence-electron chi connectivity index (χ3n) is 3.72. The first kappa shape index (κ1) is 16.0. The summed E-state index contributed by atoms with van der Waals surface area (Å²) in [7, 11) is 0. The molecule has 0 saturated carbocycles. The van der Waals surface area contributed by atoms with E-state index in [1.807, 2.05) is 11.5 Å². The SMILES string of the molecule is CCCn1c(C#N)cc(N)c1Oc1cc(C(C)C)ccc1C. The van der Waals surface area contributed by atoms with E-state index in [9.17, 15) is 5.26 Å². The molecule has 0 aliphatic heterocycles. The molecule has 0 spiro atoms. The Morgan fingerprint density at radius 1 is 1.32 bits per heavy atom. The van der Waals surface area contributed by atoms with Crippen LogP contribution in [0.2, 0.25) is 0 Å². The van der Waals surface area contributed by atoms with Crippen molar-refractivity contribution in [3.05, 3.63) is 41.1 Å². The summed E-state index contributed by atoms with van der Waals surface area (Å²) in [5, 5.41) is 9.24. The molecule has 1 heterocycles. The summed E-state index contributed by atoms with van der Waals surface area (Å²) in [4.78, 5) is 0. The van der Waals surface area contributed by atoms with Gasteiger partial charge >= 0.3 is 0 Å². The van der Waals surface area contributed by atoms with E-state index in [0.717, 1.165) is 17.7 Å². The van der Waals surface area contributed by atoms with Gasteiger partial charge in [-0.1, -0.05) is 32.9 Å². The first-order chi connectivity index (χ1) is 10.5. The van der Waals surface area contributed by atoms with Gasteiger partial charge in [0, 0.05) is 12.6 Å². The molecule has 0 radical (unpaired) electrons. The largest absolute Gasteiger partial charge is 0.438 e. The first-order valence-electron chi connectivity index (χ1n) is 7.65. The van der Waals surface area contributed by atoms with Gasteiger partial charge in [0.05, 0.1) is 5.69 Å². The molecule has 4 nitrogen and oxygen atoms in total. The lowest BCUT2D eigenvalue weighted by molar-refractivity contribution is 0.424. The van der Waals surface area contributed by atoms with Crippen LogP contribution in [-0.4, -0.2) is 4.57 Å². The number of hydrogen-bond donors (Lipinski definition) is 1. The Morgan fingerprint density at radius 3 is 2.64 bits per heavy atom. The lowest BCUT2D eigenvalue weighted by Gasteiger charge is -2.15. The second-order valence-corrected chi connectivity index (χ2v) is 5.84. The molecule has 1 aromatic carbocycles. The van der Waals surface area contributed by atoms with Gasteiger partial charge in [-0.05, 0) is 36.5 Å². The minimum absolute atomic E-state index is 0.428. The Labute approximate surface area is 132 Å². The summed E-state index contributed by atoms with van der Waals surface area (Å²) in [6.07, 6.45) is 0.907. The Kier molecular flexibility index (Phi) is 4.77. The summed E-state index contributed by atoms with van der Waals surface area (Å²) >= 11 is 0. The minimum atomic E-state index is 0.428. The van der Waals surface area contributed by atoms with Gasteiger partial charge in [0.2, 0.25) is 5.88 Å². The highest BCUT2D eigenvalue weighted by Gasteiger charge is 2.16. The Balaban J connectivity index is 2.45. The van der Waals surface area contributed by atoms with Crippen molar-refractivity contribution < 1.29 is 4.74 Å². The number of benzene rings is 1. The highest BCUT2D eigenvalue weighted by atomic mass is 16.5. The average Bonchev–Trinajstić information content (AvgIpc) is 2.78. The zero-order valence-corrected chi connectivity index (χ0v) is 13.7. The monoisotopic (exact) mass is 297 g/mol. The molecule has 2 rings (SSSR count). The smallest absolute Gasteiger partial charge is 0.224 e. The van der Waals surface area contributed by atoms with Crippen molar-refractivity contribution in [3.63, 3.8) is 0 Å². The Morgan fingerprint density at radius 2 is 2.05 bits per heavy atom. The normalized spacial score (nSPS) is 10.7. The van der Waals surface area contributed by atoms with E-state index in [2.05, 4.69) is 45.0 Å². The quantitative estimate of drug-likeness (QED) is 0.878. The maximum atomic E-state index is 9.24. The predicted molar refractivity (Wildman–Crippen MR) is 89.2 cm³/mol. The van der Waals surface area contributed by atoms with Gasteiger partial charge in [-0.15, -0.1) is 0 Å². The van der Waals surface area contributed by atoms with Crippen molar-refractivity contribution in [2.45, 2.75) is 46.6 Å². The number of nitriles is 1. The third-order valence-corrected chi connectivity index (χ3v) is 3.72. The number of nitrogen functional groups attached to an aromatic ring is 1. The molecule has 0 fully saturated rings. The van der Waals surface area contributed by atoms with E-state index in [1.165, 1.54) is 5.56 Å². The number of hydrogen-bond acceptors (Lipinski definition) is 3. The van der Waals surface area contributed by atoms with Crippen molar-refractivity contribution in [1.82, 2.24) is 4.57 Å². The highest BCUT2D eigenvalue weighted by Crippen LogP contribution is 2.34. The maximum absolute atomic E-state index is 9.24. The third kappa shape index (κ3) is 3.09. The molecule has 116 valence electrons. The molecule has 0 unspecified atom stereocenters. The second-order valence-electron chi connectivity index (χ2n) is 5.84. The van der Waals surface area contributed by atoms with Crippen LogP contribution in [0.3, 0.4) is 0 Å². The van der Waals surface area contributed by atoms with Crippen LogP contribution < -0.4 is 10.5 Å². The molecule has 2 aromatic rings. The summed E-state index contributed by atoms with van der Waals surface area (Å²) in [5.74, 6) is 1.78. The number of nitrogens with two attached hydrogens (primary N) is 1. The van der Waals surface area contributed by atoms with Crippen LogP contribution in [0.5, 0.6) is 11.6 Å². The van der Waals surface area contributed by atoms with Crippen LogP contribution >= 0.6 is 0 Å². The van der Waals surface area contributed by atoms with Gasteiger partial charge in [-0.25, -0.2) is 0 Å². The van der Waals surface area contributed by atoms with Crippen LogP contribution in [0.25, 0.3) is 0 Å². The fourth-order valence-electron chi connectivity index (χ4n) is 2.39. The van der Waals surface area contributed by atoms with Crippen LogP contribution in [-0.2, 0) is 6.54 Å². The van der Waals surface area contributed by atoms with Gasteiger partial charge < -0.3 is 15.0 Å². The standard InChI is InChI=1S/C18H23N3O/c1-5-8-21-15(11-19)10-16(20)18(21)22-17-9-14(12(2)3)7-6-13(17)4/h6-7,9-10,12H,5,8,20H2,1-4H3. The average molecular weight is 297 g/mol. The highest BCUT2D eigenvalue weighted by molar-refractivity contribution is 5.57. The van der Waals surface area contributed by atoms with Crippen molar-refractivity contribution in [2.75, 3.05) is 5.73 Å². The number of nitrogens with zero attached hydrogens (tertiary/aromatic N) is 2. The van der Waals surface area contributed by atoms with Gasteiger partial charge in [-0.2, -0.15) is 5.26 Å². The zero-order chi connectivity index (χ0) is 16.3. The molecule has 0 saturated heterocycles. The molecular weight excluding hydrogens is 274 g/mol. The Bertz CT molecular complexity index is 708. The minimum Gasteiger partial charge on any atom is -0.438 e. The van der Waals surface area contributed by atoms with Crippen LogP contribution in [0.4, 0.5) is 5.69 Å². The molecule has 2 N–H and O–H groups in total. The summed E-state index contributed by atoms with van der Waals surface area (Å²) in [6.45, 7) is 9.07. The predicted octanol–water partition coefficient (Wildman–Crippen LogP) is 4.58. The molecule has 0 amide bonds. The van der Waals surface area contributed by atoms with Crippen LogP contribution in [0, 0.1) is 18.3 Å². The maximum Gasteiger partial charge on any atom is 0.224 e. The lowest BCUT2D eigenvalue weighted by atomic mass is 10.0. The van der Waals surface area contributed by atoms with E-state index in [4.69, 9.17) is 10.5 Å². The van der Waals surface area contributed by atoms with Gasteiger partial charge in [0.25, 0.3) is 0 Å². The molecule has 0 bridgehead atoms. The lowest BCUT2D eigenvalue weighted by Crippen LogP contribution is -2.04. The molecule has 4 heteroatoms. The van der Waals surface area contributed by atoms with E-state index in [0.29, 0.717) is 29.7 Å². The molecule has 22 heavy (non-hydrogen) atoms. The van der Waals surface area contributed by atoms with Crippen LogP contribution in [0.15, 0.2) is 24.3 Å². The molecule has 0 atom stereocenters. The zero-order valence-electron chi connectivity index (χ0n) is 13.7. The van der Waals surface area contributed by atoms with E-state index in [-0.39, 0.29) is 0 Å². The van der Waals surface area contributed by atoms with Crippen molar-refractivity contribution in [1.29, 1.82) is 5.26 Å². The first-order valence-corrected chi connectivity index (χ1v) is 7.65. The summed E-state index contributed by atoms with van der Waals surface area (Å²) < 4.78 is 7.93. The Hall–Kier alpha value is -2.41. The molecule has 0 aliphatic carbocycles. The molecular formula is C18H23N3O. The fraction of sp³-hybridized carbons (Fsp3) is 0.389. The number of ether oxygens (including phenoxy) is 1. The van der Waals surface area contributed by atoms with Crippen LogP contribution in [0.1, 0.15) is 49.9 Å². The van der Waals surface area contributed by atoms with Crippen molar-refractivity contribution in [2.24, 2.45) is 0 Å². The van der Waals surface area contributed by atoms with Crippen molar-refractivity contribution >= 4 is 5.69 Å². The number of aromatic nitrogens is 1. The number of aryl methyl sites for hydroxylation is 1. The fourth-order valence-corrected chi connectivity index (χ4v) is 2.39. The van der Waals surface area contributed by atoms with Gasteiger partial charge in [-0.3, -0.25) is 0 Å². The second kappa shape index (κ2) is 6.57. The number of rotatable bonds is 5. The van der Waals surface area contributed by atoms with E-state index in [1.54, 1.807) is 6.07 Å². The molecule has 0 aliphatic rings. The number of anilines is 1. The molecule has 1 aromatic heterocycles. The summed E-state index contributed by atoms with van der Waals surface area (Å²) in [5.41, 5.74) is 9.34. The topological polar surface area (TPSA) is 64.0 Å². The van der Waals surface area contributed by atoms with Gasteiger partial charge in [0.15, 0.2) is 0 Å².